The lowest BCUT2D eigenvalue weighted by molar-refractivity contribution is 0.0797. The van der Waals surface area contributed by atoms with Crippen molar-refractivity contribution >= 4 is 27.5 Å². The zero-order valence-corrected chi connectivity index (χ0v) is 15.8. The van der Waals surface area contributed by atoms with Crippen LogP contribution in [-0.4, -0.2) is 10.8 Å². The Morgan fingerprint density at radius 3 is 2.69 bits per heavy atom. The van der Waals surface area contributed by atoms with E-state index in [1.165, 1.54) is 12.2 Å². The molecule has 1 heterocycles. The van der Waals surface area contributed by atoms with Crippen LogP contribution < -0.4 is 5.32 Å². The molecule has 2 aromatic carbocycles. The Hall–Kier alpha value is -2.66. The first-order valence-electron chi connectivity index (χ1n) is 8.17. The van der Waals surface area contributed by atoms with Gasteiger partial charge in [-0.05, 0) is 48.9 Å². The molecule has 1 aliphatic rings. The molecule has 0 bridgehead atoms. The number of fused-ring (bicyclic) bond motifs is 1. The molecule has 26 heavy (non-hydrogen) atoms. The Kier molecular flexibility index (Phi) is 5.68. The van der Waals surface area contributed by atoms with Crippen LogP contribution in [0.4, 0.5) is 10.1 Å². The third kappa shape index (κ3) is 4.29. The Balaban J connectivity index is 2.10. The quantitative estimate of drug-likeness (QED) is 0.676. The van der Waals surface area contributed by atoms with E-state index in [0.717, 1.165) is 10.0 Å². The SMILES string of the molecule is C\C1=C/C(F)=C\C=C\Nc2ccc(Br)cc2C(=O)N1Cc1ccccc1. The van der Waals surface area contributed by atoms with Gasteiger partial charge >= 0.3 is 0 Å². The minimum absolute atomic E-state index is 0.200. The molecule has 3 nitrogen and oxygen atoms in total. The Bertz CT molecular complexity index is 903. The number of hydrogen-bond donors (Lipinski definition) is 1. The van der Waals surface area contributed by atoms with E-state index in [1.807, 2.05) is 42.5 Å². The summed E-state index contributed by atoms with van der Waals surface area (Å²) in [6.07, 6.45) is 5.90. The largest absolute Gasteiger partial charge is 0.361 e. The number of hydrogen-bond acceptors (Lipinski definition) is 2. The molecule has 0 saturated carbocycles. The summed E-state index contributed by atoms with van der Waals surface area (Å²) < 4.78 is 14.9. The fourth-order valence-corrected chi connectivity index (χ4v) is 3.05. The number of rotatable bonds is 2. The van der Waals surface area contributed by atoms with E-state index in [4.69, 9.17) is 0 Å². The second-order valence-corrected chi connectivity index (χ2v) is 6.82. The van der Waals surface area contributed by atoms with Gasteiger partial charge in [-0.1, -0.05) is 46.3 Å². The summed E-state index contributed by atoms with van der Waals surface area (Å²) in [5.74, 6) is -0.618. The van der Waals surface area contributed by atoms with Gasteiger partial charge in [0.1, 0.15) is 5.83 Å². The van der Waals surface area contributed by atoms with Crippen molar-refractivity contribution in [1.29, 1.82) is 0 Å². The number of halogens is 2. The third-order valence-electron chi connectivity index (χ3n) is 4.00. The monoisotopic (exact) mass is 412 g/mol. The smallest absolute Gasteiger partial charge is 0.260 e. The first-order chi connectivity index (χ1) is 12.5. The van der Waals surface area contributed by atoms with Crippen LogP contribution >= 0.6 is 15.9 Å². The molecule has 0 atom stereocenters. The first-order valence-corrected chi connectivity index (χ1v) is 8.96. The predicted octanol–water partition coefficient (Wildman–Crippen LogP) is 5.79. The second-order valence-electron chi connectivity index (χ2n) is 5.91. The van der Waals surface area contributed by atoms with Gasteiger partial charge in [0, 0.05) is 16.4 Å². The highest BCUT2D eigenvalue weighted by Gasteiger charge is 2.21. The maximum Gasteiger partial charge on any atom is 0.260 e. The van der Waals surface area contributed by atoms with E-state index in [0.29, 0.717) is 23.5 Å². The van der Waals surface area contributed by atoms with Crippen molar-refractivity contribution in [3.63, 3.8) is 0 Å². The normalized spacial score (nSPS) is 20.0. The van der Waals surface area contributed by atoms with Gasteiger partial charge < -0.3 is 10.2 Å². The Morgan fingerprint density at radius 2 is 1.92 bits per heavy atom. The zero-order valence-electron chi connectivity index (χ0n) is 14.2. The summed E-state index contributed by atoms with van der Waals surface area (Å²) in [5.41, 5.74) is 2.68. The highest BCUT2D eigenvalue weighted by atomic mass is 79.9. The van der Waals surface area contributed by atoms with E-state index < -0.39 is 5.83 Å². The summed E-state index contributed by atoms with van der Waals surface area (Å²) in [6, 6.07) is 15.1. The highest BCUT2D eigenvalue weighted by molar-refractivity contribution is 9.10. The van der Waals surface area contributed by atoms with Gasteiger partial charge in [-0.25, -0.2) is 4.39 Å². The molecule has 1 N–H and O–H groups in total. The van der Waals surface area contributed by atoms with Gasteiger partial charge in [0.25, 0.3) is 5.91 Å². The molecule has 1 amide bonds. The van der Waals surface area contributed by atoms with Crippen molar-refractivity contribution in [2.45, 2.75) is 13.5 Å². The van der Waals surface area contributed by atoms with Gasteiger partial charge in [0.15, 0.2) is 0 Å². The van der Waals surface area contributed by atoms with Crippen molar-refractivity contribution in [2.24, 2.45) is 0 Å². The standard InChI is InChI=1S/C21H18BrFN2O/c1-15-12-18(23)8-5-11-24-20-10-9-17(22)13-19(20)21(26)25(15)14-16-6-3-2-4-7-16/h2-13,24H,14H2,1H3/b11-5+,15-12+,18-8+. The van der Waals surface area contributed by atoms with Crippen LogP contribution in [0.15, 0.2) is 89.0 Å². The lowest BCUT2D eigenvalue weighted by atomic mass is 10.1. The number of anilines is 1. The summed E-state index contributed by atoms with van der Waals surface area (Å²) in [4.78, 5) is 14.9. The van der Waals surface area contributed by atoms with Crippen molar-refractivity contribution in [1.82, 2.24) is 4.90 Å². The molecule has 0 aliphatic carbocycles. The maximum absolute atomic E-state index is 14.1. The van der Waals surface area contributed by atoms with Gasteiger partial charge in [-0.3, -0.25) is 4.79 Å². The van der Waals surface area contributed by atoms with Crippen LogP contribution in [0, 0.1) is 0 Å². The number of amides is 1. The van der Waals surface area contributed by atoms with E-state index in [1.54, 1.807) is 30.2 Å². The molecular formula is C21H18BrFN2O. The molecule has 0 spiro atoms. The van der Waals surface area contributed by atoms with Crippen LogP contribution in [0.25, 0.3) is 0 Å². The molecule has 0 fully saturated rings. The molecule has 0 saturated heterocycles. The minimum atomic E-state index is -0.418. The average molecular weight is 413 g/mol. The van der Waals surface area contributed by atoms with Crippen molar-refractivity contribution in [3.05, 3.63) is 100 Å². The van der Waals surface area contributed by atoms with E-state index in [2.05, 4.69) is 21.2 Å². The predicted molar refractivity (Wildman–Crippen MR) is 106 cm³/mol. The lowest BCUT2D eigenvalue weighted by Crippen LogP contribution is -2.29. The van der Waals surface area contributed by atoms with Crippen LogP contribution in [0.5, 0.6) is 0 Å². The number of carbonyl (C=O) groups is 1. The summed E-state index contributed by atoms with van der Waals surface area (Å²) in [6.45, 7) is 2.09. The molecule has 3 rings (SSSR count). The first kappa shape index (κ1) is 18.1. The zero-order chi connectivity index (χ0) is 18.5. The van der Waals surface area contributed by atoms with Gasteiger partial charge in [0.05, 0.1) is 17.8 Å². The lowest BCUT2D eigenvalue weighted by Gasteiger charge is -2.25. The van der Waals surface area contributed by atoms with E-state index in [-0.39, 0.29) is 5.91 Å². The third-order valence-corrected chi connectivity index (χ3v) is 4.50. The molecule has 132 valence electrons. The fourth-order valence-electron chi connectivity index (χ4n) is 2.69. The summed E-state index contributed by atoms with van der Waals surface area (Å²) >= 11 is 3.42. The van der Waals surface area contributed by atoms with Crippen molar-refractivity contribution in [3.8, 4) is 0 Å². The maximum atomic E-state index is 14.1. The Labute approximate surface area is 160 Å². The van der Waals surface area contributed by atoms with Gasteiger partial charge in [-0.2, -0.15) is 0 Å². The second kappa shape index (κ2) is 8.15. The molecule has 0 radical (unpaired) electrons. The highest BCUT2D eigenvalue weighted by Crippen LogP contribution is 2.26. The molecule has 0 aromatic heterocycles. The van der Waals surface area contributed by atoms with Crippen LogP contribution in [0.3, 0.4) is 0 Å². The van der Waals surface area contributed by atoms with Crippen LogP contribution in [0.2, 0.25) is 0 Å². The fraction of sp³-hybridized carbons (Fsp3) is 0.0952. The summed E-state index contributed by atoms with van der Waals surface area (Å²) in [7, 11) is 0. The number of carbonyl (C=O) groups excluding carboxylic acids is 1. The average Bonchev–Trinajstić information content (AvgIpc) is 2.65. The molecule has 2 aromatic rings. The number of nitrogens with zero attached hydrogens (tertiary/aromatic N) is 1. The summed E-state index contributed by atoms with van der Waals surface area (Å²) in [5, 5.41) is 3.05. The van der Waals surface area contributed by atoms with E-state index in [9.17, 15) is 9.18 Å². The topological polar surface area (TPSA) is 32.3 Å². The van der Waals surface area contributed by atoms with E-state index >= 15 is 0 Å². The van der Waals surface area contributed by atoms with Crippen LogP contribution in [-0.2, 0) is 6.54 Å². The number of benzene rings is 2. The molecule has 1 aliphatic heterocycles. The van der Waals surface area contributed by atoms with Gasteiger partial charge in [0.2, 0.25) is 0 Å². The molecule has 0 unspecified atom stereocenters. The Morgan fingerprint density at radius 1 is 1.15 bits per heavy atom. The van der Waals surface area contributed by atoms with Crippen LogP contribution in [0.1, 0.15) is 22.8 Å². The minimum Gasteiger partial charge on any atom is -0.361 e. The number of allylic oxidation sites excluding steroid dienone is 5. The van der Waals surface area contributed by atoms with Gasteiger partial charge in [-0.15, -0.1) is 0 Å². The molecule has 5 heteroatoms. The van der Waals surface area contributed by atoms with Crippen molar-refractivity contribution < 1.29 is 9.18 Å². The van der Waals surface area contributed by atoms with Crippen molar-refractivity contribution in [2.75, 3.05) is 5.32 Å². The molecular weight excluding hydrogens is 395 g/mol. The number of nitrogens with one attached hydrogen (secondary N) is 1.